The van der Waals surface area contributed by atoms with Gasteiger partial charge in [0, 0.05) is 17.5 Å². The number of nitrogen functional groups attached to an aromatic ring is 1. The van der Waals surface area contributed by atoms with Gasteiger partial charge in [0.2, 0.25) is 11.1 Å². The lowest BCUT2D eigenvalue weighted by Crippen LogP contribution is -2.25. The molecule has 0 spiro atoms. The van der Waals surface area contributed by atoms with Crippen molar-refractivity contribution in [3.05, 3.63) is 40.7 Å². The molecule has 1 aliphatic rings. The van der Waals surface area contributed by atoms with Crippen molar-refractivity contribution < 1.29 is 4.79 Å². The molecule has 1 amide bonds. The number of rotatable bonds is 6. The molecular formula is C14H16ClN5OS. The van der Waals surface area contributed by atoms with Crippen LogP contribution in [0.2, 0.25) is 5.02 Å². The average Bonchev–Trinajstić information content (AvgIpc) is 3.29. The smallest absolute Gasteiger partial charge is 0.230 e. The van der Waals surface area contributed by atoms with Gasteiger partial charge in [0.1, 0.15) is 0 Å². The van der Waals surface area contributed by atoms with E-state index in [-0.39, 0.29) is 11.7 Å². The summed E-state index contributed by atoms with van der Waals surface area (Å²) in [6.45, 7) is 0.471. The maximum absolute atomic E-state index is 11.9. The van der Waals surface area contributed by atoms with Crippen molar-refractivity contribution in [2.75, 3.05) is 11.6 Å². The largest absolute Gasteiger partial charge is 0.351 e. The van der Waals surface area contributed by atoms with Gasteiger partial charge in [-0.3, -0.25) is 4.79 Å². The minimum absolute atomic E-state index is 0.0732. The summed E-state index contributed by atoms with van der Waals surface area (Å²) in [6.07, 6.45) is 2.23. The van der Waals surface area contributed by atoms with Crippen molar-refractivity contribution in [3.8, 4) is 0 Å². The van der Waals surface area contributed by atoms with Crippen LogP contribution in [-0.4, -0.2) is 26.5 Å². The number of nitrogens with one attached hydrogen (secondary N) is 1. The van der Waals surface area contributed by atoms with E-state index in [0.717, 1.165) is 24.2 Å². The lowest BCUT2D eigenvalue weighted by molar-refractivity contribution is -0.118. The molecule has 0 unspecified atom stereocenters. The van der Waals surface area contributed by atoms with Crippen LogP contribution in [0.1, 0.15) is 30.1 Å². The molecule has 1 saturated carbocycles. The van der Waals surface area contributed by atoms with Gasteiger partial charge in [-0.15, -0.1) is 10.2 Å². The van der Waals surface area contributed by atoms with Gasteiger partial charge < -0.3 is 11.2 Å². The highest BCUT2D eigenvalue weighted by molar-refractivity contribution is 7.99. The van der Waals surface area contributed by atoms with Crippen LogP contribution in [0.5, 0.6) is 0 Å². The second-order valence-corrected chi connectivity index (χ2v) is 6.56. The maximum Gasteiger partial charge on any atom is 0.230 e. The molecule has 0 bridgehead atoms. The molecule has 3 N–H and O–H groups in total. The third-order valence-corrected chi connectivity index (χ3v) is 4.56. The number of benzene rings is 1. The number of nitrogens with zero attached hydrogens (tertiary/aromatic N) is 3. The molecule has 3 rings (SSSR count). The Kier molecular flexibility index (Phi) is 4.54. The van der Waals surface area contributed by atoms with Crippen LogP contribution in [-0.2, 0) is 11.3 Å². The monoisotopic (exact) mass is 337 g/mol. The first kappa shape index (κ1) is 15.2. The Bertz CT molecular complexity index is 668. The molecule has 22 heavy (non-hydrogen) atoms. The molecule has 0 radical (unpaired) electrons. The second kappa shape index (κ2) is 6.58. The molecule has 1 fully saturated rings. The fraction of sp³-hybridized carbons (Fsp3) is 0.357. The summed E-state index contributed by atoms with van der Waals surface area (Å²) in [5, 5.41) is 12.2. The second-order valence-electron chi connectivity index (χ2n) is 5.18. The van der Waals surface area contributed by atoms with E-state index in [1.807, 2.05) is 12.1 Å². The quantitative estimate of drug-likeness (QED) is 0.621. The van der Waals surface area contributed by atoms with Crippen LogP contribution < -0.4 is 11.2 Å². The lowest BCUT2D eigenvalue weighted by Gasteiger charge is -2.05. The summed E-state index contributed by atoms with van der Waals surface area (Å²) < 4.78 is 1.49. The summed E-state index contributed by atoms with van der Waals surface area (Å²) in [4.78, 5) is 11.9. The zero-order valence-corrected chi connectivity index (χ0v) is 13.4. The summed E-state index contributed by atoms with van der Waals surface area (Å²) in [5.74, 6) is 7.37. The molecule has 0 aliphatic heterocycles. The molecule has 116 valence electrons. The third-order valence-electron chi connectivity index (χ3n) is 3.37. The number of hydrogen-bond donors (Lipinski definition) is 2. The first-order valence-corrected chi connectivity index (χ1v) is 8.34. The number of halogens is 1. The fourth-order valence-corrected chi connectivity index (χ4v) is 2.81. The van der Waals surface area contributed by atoms with E-state index in [0.29, 0.717) is 22.6 Å². The Hall–Kier alpha value is -1.73. The maximum atomic E-state index is 11.9. The van der Waals surface area contributed by atoms with Crippen LogP contribution in [0.3, 0.4) is 0 Å². The fourth-order valence-electron chi connectivity index (χ4n) is 1.99. The highest BCUT2D eigenvalue weighted by Gasteiger charge is 2.29. The third kappa shape index (κ3) is 3.72. The number of aromatic nitrogens is 3. The number of carbonyl (C=O) groups is 1. The number of carbonyl (C=O) groups excluding carboxylic acids is 1. The Morgan fingerprint density at radius 2 is 2.09 bits per heavy atom. The van der Waals surface area contributed by atoms with Crippen LogP contribution in [0.4, 0.5) is 0 Å². The van der Waals surface area contributed by atoms with Crippen molar-refractivity contribution in [1.82, 2.24) is 20.2 Å². The van der Waals surface area contributed by atoms with Crippen molar-refractivity contribution in [3.63, 3.8) is 0 Å². The standard InChI is InChI=1S/C14H16ClN5OS/c15-11-5-1-9(2-6-11)7-17-12(21)8-22-14-19-18-13(20(14)16)10-3-4-10/h1-2,5-6,10H,3-4,7-8,16H2,(H,17,21). The molecule has 0 atom stereocenters. The Labute approximate surface area is 137 Å². The topological polar surface area (TPSA) is 85.8 Å². The van der Waals surface area contributed by atoms with E-state index < -0.39 is 0 Å². The number of nitrogens with two attached hydrogens (primary N) is 1. The summed E-state index contributed by atoms with van der Waals surface area (Å²) in [7, 11) is 0. The normalized spacial score (nSPS) is 14.0. The molecule has 1 heterocycles. The van der Waals surface area contributed by atoms with Crippen LogP contribution >= 0.6 is 23.4 Å². The van der Waals surface area contributed by atoms with Gasteiger partial charge >= 0.3 is 0 Å². The Morgan fingerprint density at radius 3 is 2.77 bits per heavy atom. The SMILES string of the molecule is Nn1c(SCC(=O)NCc2ccc(Cl)cc2)nnc1C1CC1. The van der Waals surface area contributed by atoms with Crippen LogP contribution in [0, 0.1) is 0 Å². The number of amides is 1. The van der Waals surface area contributed by atoms with E-state index in [4.69, 9.17) is 17.4 Å². The van der Waals surface area contributed by atoms with Gasteiger partial charge in [-0.1, -0.05) is 35.5 Å². The molecule has 1 aromatic carbocycles. The van der Waals surface area contributed by atoms with Gasteiger partial charge in [0.05, 0.1) is 5.75 Å². The first-order chi connectivity index (χ1) is 10.6. The van der Waals surface area contributed by atoms with Gasteiger partial charge in [0.25, 0.3) is 0 Å². The van der Waals surface area contributed by atoms with Gasteiger partial charge in [-0.05, 0) is 30.5 Å². The first-order valence-electron chi connectivity index (χ1n) is 6.98. The lowest BCUT2D eigenvalue weighted by atomic mass is 10.2. The van der Waals surface area contributed by atoms with Crippen LogP contribution in [0.25, 0.3) is 0 Å². The zero-order valence-electron chi connectivity index (χ0n) is 11.8. The number of hydrogen-bond acceptors (Lipinski definition) is 5. The van der Waals surface area contributed by atoms with Crippen molar-refractivity contribution in [2.24, 2.45) is 0 Å². The molecule has 8 heteroatoms. The number of thioether (sulfide) groups is 1. The van der Waals surface area contributed by atoms with Crippen molar-refractivity contribution >= 4 is 29.3 Å². The van der Waals surface area contributed by atoms with Gasteiger partial charge in [-0.2, -0.15) is 0 Å². The van der Waals surface area contributed by atoms with Gasteiger partial charge in [-0.25, -0.2) is 4.68 Å². The van der Waals surface area contributed by atoms with E-state index in [1.165, 1.54) is 16.4 Å². The minimum Gasteiger partial charge on any atom is -0.351 e. The highest BCUT2D eigenvalue weighted by atomic mass is 35.5. The Morgan fingerprint density at radius 1 is 1.36 bits per heavy atom. The minimum atomic E-state index is -0.0732. The van der Waals surface area contributed by atoms with Crippen molar-refractivity contribution in [2.45, 2.75) is 30.5 Å². The zero-order chi connectivity index (χ0) is 15.5. The molecule has 1 aromatic heterocycles. The molecular weight excluding hydrogens is 322 g/mol. The predicted octanol–water partition coefficient (Wildman–Crippen LogP) is 1.93. The molecule has 2 aromatic rings. The molecule has 6 nitrogen and oxygen atoms in total. The van der Waals surface area contributed by atoms with E-state index >= 15 is 0 Å². The summed E-state index contributed by atoms with van der Waals surface area (Å²) in [6, 6.07) is 7.37. The van der Waals surface area contributed by atoms with E-state index in [2.05, 4.69) is 15.5 Å². The highest BCUT2D eigenvalue weighted by Crippen LogP contribution is 2.39. The van der Waals surface area contributed by atoms with E-state index in [9.17, 15) is 4.79 Å². The van der Waals surface area contributed by atoms with E-state index in [1.54, 1.807) is 12.1 Å². The summed E-state index contributed by atoms with van der Waals surface area (Å²) in [5.41, 5.74) is 1.00. The van der Waals surface area contributed by atoms with Crippen molar-refractivity contribution in [1.29, 1.82) is 0 Å². The van der Waals surface area contributed by atoms with Crippen LogP contribution in [0.15, 0.2) is 29.4 Å². The summed E-state index contributed by atoms with van der Waals surface area (Å²) >= 11 is 7.11. The average molecular weight is 338 g/mol. The Balaban J connectivity index is 1.47. The molecule has 1 aliphatic carbocycles. The van der Waals surface area contributed by atoms with Gasteiger partial charge in [0.15, 0.2) is 5.82 Å². The predicted molar refractivity (Wildman–Crippen MR) is 86.2 cm³/mol. The molecule has 0 saturated heterocycles.